The van der Waals surface area contributed by atoms with Crippen LogP contribution in [-0.2, 0) is 11.3 Å². The Hall–Kier alpha value is -2.57. The third-order valence-electron chi connectivity index (χ3n) is 3.96. The van der Waals surface area contributed by atoms with Crippen molar-refractivity contribution in [1.29, 1.82) is 0 Å². The van der Waals surface area contributed by atoms with E-state index in [-0.39, 0.29) is 24.5 Å². The molecule has 0 saturated heterocycles. The number of aromatic nitrogens is 2. The summed E-state index contributed by atoms with van der Waals surface area (Å²) >= 11 is 11.9. The van der Waals surface area contributed by atoms with Gasteiger partial charge < -0.3 is 9.47 Å². The minimum Gasteiger partial charge on any atom is -0.488 e. The van der Waals surface area contributed by atoms with Crippen LogP contribution < -0.4 is 10.3 Å². The number of hydrogen-bond acceptors (Lipinski definition) is 5. The van der Waals surface area contributed by atoms with Crippen molar-refractivity contribution >= 4 is 39.9 Å². The molecule has 0 atom stereocenters. The van der Waals surface area contributed by atoms with E-state index >= 15 is 0 Å². The lowest BCUT2D eigenvalue weighted by Gasteiger charge is -2.11. The van der Waals surface area contributed by atoms with E-state index in [4.69, 9.17) is 32.7 Å². The normalized spacial score (nSPS) is 10.8. The molecule has 0 bridgehead atoms. The van der Waals surface area contributed by atoms with Gasteiger partial charge in [-0.15, -0.1) is 0 Å². The SMILES string of the molecule is CCCn1nc(C(=O)OCCOc2ccc(Cl)cc2Cl)c2ccccc2c1=O. The van der Waals surface area contributed by atoms with Gasteiger partial charge in [0.05, 0.1) is 10.4 Å². The van der Waals surface area contributed by atoms with Crippen molar-refractivity contribution in [2.75, 3.05) is 13.2 Å². The van der Waals surface area contributed by atoms with Gasteiger partial charge in [0, 0.05) is 17.0 Å². The molecule has 0 fully saturated rings. The Labute approximate surface area is 171 Å². The maximum atomic E-state index is 12.6. The van der Waals surface area contributed by atoms with Gasteiger partial charge in [0.2, 0.25) is 0 Å². The van der Waals surface area contributed by atoms with Gasteiger partial charge >= 0.3 is 5.97 Å². The van der Waals surface area contributed by atoms with Crippen molar-refractivity contribution in [1.82, 2.24) is 9.78 Å². The van der Waals surface area contributed by atoms with E-state index < -0.39 is 5.97 Å². The molecule has 28 heavy (non-hydrogen) atoms. The van der Waals surface area contributed by atoms with Gasteiger partial charge in [-0.3, -0.25) is 4.79 Å². The molecule has 0 radical (unpaired) electrons. The molecule has 0 N–H and O–H groups in total. The number of carbonyl (C=O) groups is 1. The summed E-state index contributed by atoms with van der Waals surface area (Å²) in [5, 5.41) is 5.98. The predicted octanol–water partition coefficient (Wildman–Crippen LogP) is 4.35. The molecule has 1 heterocycles. The van der Waals surface area contributed by atoms with E-state index in [9.17, 15) is 9.59 Å². The first kappa shape index (κ1) is 20.2. The second kappa shape index (κ2) is 9.08. The fourth-order valence-corrected chi connectivity index (χ4v) is 3.16. The molecule has 146 valence electrons. The molecule has 2 aromatic carbocycles. The van der Waals surface area contributed by atoms with Gasteiger partial charge in [-0.05, 0) is 30.7 Å². The highest BCUT2D eigenvalue weighted by Gasteiger charge is 2.17. The lowest BCUT2D eigenvalue weighted by Crippen LogP contribution is -2.26. The molecule has 0 spiro atoms. The second-order valence-electron chi connectivity index (χ2n) is 5.98. The van der Waals surface area contributed by atoms with Gasteiger partial charge in [-0.1, -0.05) is 48.3 Å². The number of esters is 1. The molecule has 3 aromatic rings. The van der Waals surface area contributed by atoms with Crippen molar-refractivity contribution in [2.24, 2.45) is 0 Å². The first-order valence-electron chi connectivity index (χ1n) is 8.76. The molecule has 1 aromatic heterocycles. The number of nitrogens with zero attached hydrogens (tertiary/aromatic N) is 2. The number of ether oxygens (including phenoxy) is 2. The summed E-state index contributed by atoms with van der Waals surface area (Å²) in [7, 11) is 0. The largest absolute Gasteiger partial charge is 0.488 e. The van der Waals surface area contributed by atoms with Gasteiger partial charge in [0.15, 0.2) is 5.69 Å². The molecule has 0 saturated carbocycles. The van der Waals surface area contributed by atoms with E-state index in [1.54, 1.807) is 42.5 Å². The topological polar surface area (TPSA) is 70.4 Å². The number of carbonyl (C=O) groups excluding carboxylic acids is 1. The average molecular weight is 421 g/mol. The lowest BCUT2D eigenvalue weighted by molar-refractivity contribution is 0.0443. The first-order chi connectivity index (χ1) is 13.5. The molecular formula is C20H18Cl2N2O4. The number of rotatable bonds is 7. The highest BCUT2D eigenvalue weighted by atomic mass is 35.5. The summed E-state index contributed by atoms with van der Waals surface area (Å²) in [4.78, 5) is 25.0. The molecule has 3 rings (SSSR count). The highest BCUT2D eigenvalue weighted by molar-refractivity contribution is 6.35. The zero-order chi connectivity index (χ0) is 20.1. The minimum atomic E-state index is -0.619. The second-order valence-corrected chi connectivity index (χ2v) is 6.83. The average Bonchev–Trinajstić information content (AvgIpc) is 2.68. The Kier molecular flexibility index (Phi) is 6.54. The number of hydrogen-bond donors (Lipinski definition) is 0. The third-order valence-corrected chi connectivity index (χ3v) is 4.49. The van der Waals surface area contributed by atoms with Crippen LogP contribution in [0.2, 0.25) is 10.0 Å². The van der Waals surface area contributed by atoms with Crippen molar-refractivity contribution < 1.29 is 14.3 Å². The summed E-state index contributed by atoms with van der Waals surface area (Å²) in [6.45, 7) is 2.46. The van der Waals surface area contributed by atoms with E-state index in [1.165, 1.54) is 4.68 Å². The monoisotopic (exact) mass is 420 g/mol. The number of benzene rings is 2. The molecule has 0 aliphatic rings. The first-order valence-corrected chi connectivity index (χ1v) is 9.51. The number of aryl methyl sites for hydroxylation is 1. The van der Waals surface area contributed by atoms with E-state index in [0.29, 0.717) is 33.1 Å². The molecule has 0 unspecified atom stereocenters. The summed E-state index contributed by atoms with van der Waals surface area (Å²) in [6, 6.07) is 11.7. The number of halogens is 2. The molecule has 8 heteroatoms. The molecule has 0 aliphatic heterocycles. The lowest BCUT2D eigenvalue weighted by atomic mass is 10.1. The zero-order valence-electron chi connectivity index (χ0n) is 15.2. The van der Waals surface area contributed by atoms with Crippen LogP contribution in [0.25, 0.3) is 10.8 Å². The maximum absolute atomic E-state index is 12.6. The highest BCUT2D eigenvalue weighted by Crippen LogP contribution is 2.27. The summed E-state index contributed by atoms with van der Waals surface area (Å²) in [5.74, 6) is -0.172. The van der Waals surface area contributed by atoms with Crippen LogP contribution >= 0.6 is 23.2 Å². The van der Waals surface area contributed by atoms with E-state index in [2.05, 4.69) is 5.10 Å². The Morgan fingerprint density at radius 3 is 2.57 bits per heavy atom. The molecular weight excluding hydrogens is 403 g/mol. The van der Waals surface area contributed by atoms with Crippen molar-refractivity contribution in [2.45, 2.75) is 19.9 Å². The quantitative estimate of drug-likeness (QED) is 0.419. The van der Waals surface area contributed by atoms with Crippen LogP contribution in [0.1, 0.15) is 23.8 Å². The van der Waals surface area contributed by atoms with Gasteiger partial charge in [-0.25, -0.2) is 9.48 Å². The summed E-state index contributed by atoms with van der Waals surface area (Å²) in [5.41, 5.74) is -0.122. The molecule has 0 amide bonds. The Bertz CT molecular complexity index is 1070. The van der Waals surface area contributed by atoms with E-state index in [1.807, 2.05) is 6.92 Å². The van der Waals surface area contributed by atoms with Crippen LogP contribution in [0.4, 0.5) is 0 Å². The van der Waals surface area contributed by atoms with Crippen LogP contribution in [0.15, 0.2) is 47.3 Å². The van der Waals surface area contributed by atoms with Crippen LogP contribution in [0.3, 0.4) is 0 Å². The zero-order valence-corrected chi connectivity index (χ0v) is 16.7. The summed E-state index contributed by atoms with van der Waals surface area (Å²) < 4.78 is 12.1. The van der Waals surface area contributed by atoms with Crippen molar-refractivity contribution in [3.8, 4) is 5.75 Å². The Balaban J connectivity index is 1.72. The van der Waals surface area contributed by atoms with Gasteiger partial charge in [-0.2, -0.15) is 5.10 Å². The maximum Gasteiger partial charge on any atom is 0.359 e. The predicted molar refractivity (Wildman–Crippen MR) is 109 cm³/mol. The Morgan fingerprint density at radius 1 is 1.11 bits per heavy atom. The van der Waals surface area contributed by atoms with Gasteiger partial charge in [0.1, 0.15) is 19.0 Å². The van der Waals surface area contributed by atoms with Crippen LogP contribution in [-0.4, -0.2) is 29.0 Å². The van der Waals surface area contributed by atoms with Gasteiger partial charge in [0.25, 0.3) is 5.56 Å². The number of fused-ring (bicyclic) bond motifs is 1. The third kappa shape index (κ3) is 4.46. The van der Waals surface area contributed by atoms with Crippen molar-refractivity contribution in [3.63, 3.8) is 0 Å². The molecule has 0 aliphatic carbocycles. The summed E-state index contributed by atoms with van der Waals surface area (Å²) in [6.07, 6.45) is 0.718. The fourth-order valence-electron chi connectivity index (χ4n) is 2.70. The van der Waals surface area contributed by atoms with Crippen LogP contribution in [0, 0.1) is 0 Å². The smallest absolute Gasteiger partial charge is 0.359 e. The fraction of sp³-hybridized carbons (Fsp3) is 0.250. The standard InChI is InChI=1S/C20H18Cl2N2O4/c1-2-9-24-19(25)15-6-4-3-5-14(15)18(23-24)20(26)28-11-10-27-17-8-7-13(21)12-16(17)22/h3-8,12H,2,9-11H2,1H3. The minimum absolute atomic E-state index is 0.000694. The van der Waals surface area contributed by atoms with E-state index in [0.717, 1.165) is 6.42 Å². The Morgan fingerprint density at radius 2 is 1.86 bits per heavy atom. The van der Waals surface area contributed by atoms with Crippen LogP contribution in [0.5, 0.6) is 5.75 Å². The van der Waals surface area contributed by atoms with Crippen molar-refractivity contribution in [3.05, 3.63) is 68.6 Å². The molecule has 6 nitrogen and oxygen atoms in total.